The maximum absolute atomic E-state index is 11.5. The van der Waals surface area contributed by atoms with E-state index in [9.17, 15) is 4.79 Å². The number of carbonyl (C=O) groups excluding carboxylic acids is 1. The Bertz CT molecular complexity index is 1560. The summed E-state index contributed by atoms with van der Waals surface area (Å²) in [5.41, 5.74) is 1.67. The lowest BCUT2D eigenvalue weighted by Crippen LogP contribution is -2.22. The second-order valence-electron chi connectivity index (χ2n) is 9.74. The number of imidazole rings is 1. The summed E-state index contributed by atoms with van der Waals surface area (Å²) >= 11 is 6.74. The molecule has 4 aromatic heterocycles. The number of aryl methyl sites for hydroxylation is 1. The van der Waals surface area contributed by atoms with E-state index in [0.29, 0.717) is 58.4 Å². The lowest BCUT2D eigenvalue weighted by atomic mass is 10.0. The van der Waals surface area contributed by atoms with Gasteiger partial charge in [-0.1, -0.05) is 11.6 Å². The number of ether oxygens (including phenoxy) is 2. The zero-order valence-electron chi connectivity index (χ0n) is 21.5. The van der Waals surface area contributed by atoms with Crippen LogP contribution in [0, 0.1) is 6.57 Å². The molecule has 1 atom stereocenters. The number of ketones is 1. The third kappa shape index (κ3) is 4.92. The van der Waals surface area contributed by atoms with Crippen LogP contribution in [0.15, 0.2) is 30.6 Å². The summed E-state index contributed by atoms with van der Waals surface area (Å²) in [5.74, 6) is 1.90. The van der Waals surface area contributed by atoms with Gasteiger partial charge < -0.3 is 24.2 Å². The van der Waals surface area contributed by atoms with Crippen LogP contribution in [0.5, 0.6) is 11.5 Å². The molecular formula is C26H27ClN8O3. The molecule has 1 aliphatic heterocycles. The minimum absolute atomic E-state index is 0.0110. The highest BCUT2D eigenvalue weighted by atomic mass is 35.5. The number of Topliss-reactive ketones (excluding diaryl/α,β-unsaturated/α-hetero) is 1. The van der Waals surface area contributed by atoms with Gasteiger partial charge in [0.15, 0.2) is 17.2 Å². The Morgan fingerprint density at radius 1 is 1.37 bits per heavy atom. The van der Waals surface area contributed by atoms with Crippen LogP contribution in [-0.2, 0) is 28.5 Å². The first kappa shape index (κ1) is 25.6. The van der Waals surface area contributed by atoms with Gasteiger partial charge in [-0.15, -0.1) is 0 Å². The summed E-state index contributed by atoms with van der Waals surface area (Å²) in [5, 5.41) is 8.36. The first-order chi connectivity index (χ1) is 18.2. The molecule has 0 bridgehead atoms. The number of anilines is 2. The standard InChI is InChI=1S/C26H27ClN8O3/c1-15(36)10-16-11-18(6-8-29-16)38-19-13-30-24-23(22(19)27)34(5)25(32-24)31-21-12-20(26(2,3)28-4)35(33-21)17-7-9-37-14-17/h6,8,11-13,17H,7,9-10,14H2,1-3,5H3,(H,30,31,32,33). The van der Waals surface area contributed by atoms with Gasteiger partial charge in [-0.3, -0.25) is 14.5 Å². The van der Waals surface area contributed by atoms with Gasteiger partial charge in [0.05, 0.1) is 24.5 Å². The zero-order valence-corrected chi connectivity index (χ0v) is 22.3. The van der Waals surface area contributed by atoms with Crippen LogP contribution in [0.1, 0.15) is 44.6 Å². The molecule has 11 nitrogen and oxygen atoms in total. The van der Waals surface area contributed by atoms with Gasteiger partial charge in [-0.25, -0.2) is 11.6 Å². The zero-order chi connectivity index (χ0) is 27.0. The van der Waals surface area contributed by atoms with Crippen molar-refractivity contribution in [1.82, 2.24) is 29.3 Å². The summed E-state index contributed by atoms with van der Waals surface area (Å²) in [7, 11) is 1.82. The van der Waals surface area contributed by atoms with Crippen molar-refractivity contribution in [1.29, 1.82) is 0 Å². The molecule has 0 spiro atoms. The van der Waals surface area contributed by atoms with Gasteiger partial charge in [0.1, 0.15) is 27.8 Å². The molecule has 0 saturated carbocycles. The monoisotopic (exact) mass is 534 g/mol. The highest BCUT2D eigenvalue weighted by Gasteiger charge is 2.35. The van der Waals surface area contributed by atoms with Gasteiger partial charge in [-0.2, -0.15) is 10.1 Å². The summed E-state index contributed by atoms with van der Waals surface area (Å²) in [6.07, 6.45) is 4.15. The summed E-state index contributed by atoms with van der Waals surface area (Å²) in [4.78, 5) is 28.5. The lowest BCUT2D eigenvalue weighted by Gasteiger charge is -2.17. The van der Waals surface area contributed by atoms with Crippen molar-refractivity contribution in [2.45, 2.75) is 45.2 Å². The van der Waals surface area contributed by atoms with Crippen molar-refractivity contribution in [3.8, 4) is 11.5 Å². The van der Waals surface area contributed by atoms with Crippen molar-refractivity contribution in [3.05, 3.63) is 58.4 Å². The topological polar surface area (TPSA) is 113 Å². The number of nitrogens with zero attached hydrogens (tertiary/aromatic N) is 7. The SMILES string of the molecule is [C-]#[N+]C(C)(C)c1cc(Nc2nc3ncc(Oc4ccnc(CC(C)=O)c4)c(Cl)c3n2C)nn1C1CCOC1. The fraction of sp³-hybridized carbons (Fsp3) is 0.385. The number of halogens is 1. The molecule has 0 aliphatic carbocycles. The van der Waals surface area contributed by atoms with E-state index in [1.54, 1.807) is 22.9 Å². The molecule has 0 radical (unpaired) electrons. The Kier molecular flexibility index (Phi) is 6.77. The number of hydrogen-bond donors (Lipinski definition) is 1. The van der Waals surface area contributed by atoms with E-state index in [0.717, 1.165) is 12.1 Å². The number of fused-ring (bicyclic) bond motifs is 1. The average molecular weight is 535 g/mol. The average Bonchev–Trinajstić information content (AvgIpc) is 3.61. The summed E-state index contributed by atoms with van der Waals surface area (Å²) in [6.45, 7) is 14.2. The number of rotatable bonds is 8. The minimum Gasteiger partial charge on any atom is -0.454 e. The molecule has 1 unspecified atom stereocenters. The Labute approximate surface area is 224 Å². The molecule has 1 fully saturated rings. The van der Waals surface area contributed by atoms with Gasteiger partial charge in [0.25, 0.3) is 5.54 Å². The van der Waals surface area contributed by atoms with Crippen molar-refractivity contribution in [2.24, 2.45) is 7.05 Å². The van der Waals surface area contributed by atoms with E-state index in [-0.39, 0.29) is 18.2 Å². The first-order valence-electron chi connectivity index (χ1n) is 12.1. The molecule has 5 rings (SSSR count). The number of nitrogens with one attached hydrogen (secondary N) is 1. The number of hydrogen-bond acceptors (Lipinski definition) is 8. The molecule has 4 aromatic rings. The molecule has 196 valence electrons. The van der Waals surface area contributed by atoms with Crippen LogP contribution in [-0.4, -0.2) is 48.3 Å². The molecule has 38 heavy (non-hydrogen) atoms. The molecule has 1 saturated heterocycles. The maximum atomic E-state index is 11.5. The van der Waals surface area contributed by atoms with Crippen LogP contribution in [0.25, 0.3) is 16.0 Å². The van der Waals surface area contributed by atoms with Crippen molar-refractivity contribution in [3.63, 3.8) is 0 Å². The quantitative estimate of drug-likeness (QED) is 0.314. The van der Waals surface area contributed by atoms with E-state index < -0.39 is 5.54 Å². The summed E-state index contributed by atoms with van der Waals surface area (Å²) in [6, 6.07) is 5.34. The second kappa shape index (κ2) is 10.0. The molecular weight excluding hydrogens is 508 g/mol. The predicted octanol–water partition coefficient (Wildman–Crippen LogP) is 5.00. The highest BCUT2D eigenvalue weighted by molar-refractivity contribution is 6.36. The van der Waals surface area contributed by atoms with E-state index in [2.05, 4.69) is 25.1 Å². The van der Waals surface area contributed by atoms with Crippen molar-refractivity contribution in [2.75, 3.05) is 18.5 Å². The smallest absolute Gasteiger partial charge is 0.268 e. The van der Waals surface area contributed by atoms with E-state index in [1.165, 1.54) is 13.1 Å². The predicted molar refractivity (Wildman–Crippen MR) is 142 cm³/mol. The molecule has 0 amide bonds. The third-order valence-corrected chi connectivity index (χ3v) is 6.75. The molecule has 0 aromatic carbocycles. The van der Waals surface area contributed by atoms with Crippen LogP contribution in [0.3, 0.4) is 0 Å². The fourth-order valence-corrected chi connectivity index (χ4v) is 4.67. The minimum atomic E-state index is -0.754. The second-order valence-corrected chi connectivity index (χ2v) is 10.1. The van der Waals surface area contributed by atoms with Gasteiger partial charge in [-0.05, 0) is 19.4 Å². The van der Waals surface area contributed by atoms with Crippen molar-refractivity contribution >= 4 is 40.3 Å². The largest absolute Gasteiger partial charge is 0.454 e. The molecule has 1 N–H and O–H groups in total. The molecule has 1 aliphatic rings. The molecule has 5 heterocycles. The van der Waals surface area contributed by atoms with Gasteiger partial charge in [0.2, 0.25) is 5.95 Å². The Morgan fingerprint density at radius 3 is 2.89 bits per heavy atom. The number of aromatic nitrogens is 6. The molecule has 12 heteroatoms. The van der Waals surface area contributed by atoms with E-state index >= 15 is 0 Å². The van der Waals surface area contributed by atoms with Crippen molar-refractivity contribution < 1.29 is 14.3 Å². The third-order valence-electron chi connectivity index (χ3n) is 6.38. The maximum Gasteiger partial charge on any atom is 0.268 e. The highest BCUT2D eigenvalue weighted by Crippen LogP contribution is 2.37. The van der Waals surface area contributed by atoms with E-state index in [1.807, 2.05) is 31.6 Å². The van der Waals surface area contributed by atoms with Gasteiger partial charge in [0, 0.05) is 52.3 Å². The summed E-state index contributed by atoms with van der Waals surface area (Å²) < 4.78 is 15.2. The normalized spacial score (nSPS) is 15.5. The van der Waals surface area contributed by atoms with Crippen LogP contribution < -0.4 is 10.1 Å². The first-order valence-corrected chi connectivity index (χ1v) is 12.5. The van der Waals surface area contributed by atoms with Gasteiger partial charge >= 0.3 is 0 Å². The van der Waals surface area contributed by atoms with Crippen LogP contribution >= 0.6 is 11.6 Å². The Balaban J connectivity index is 1.45. The fourth-order valence-electron chi connectivity index (χ4n) is 4.37. The number of carbonyl (C=O) groups is 1. The number of pyridine rings is 2. The Morgan fingerprint density at radius 2 is 2.18 bits per heavy atom. The Hall–Kier alpha value is -4.01. The van der Waals surface area contributed by atoms with Crippen LogP contribution in [0.4, 0.5) is 11.8 Å². The van der Waals surface area contributed by atoms with Crippen LogP contribution in [0.2, 0.25) is 5.02 Å². The lowest BCUT2D eigenvalue weighted by molar-refractivity contribution is -0.116. The van der Waals surface area contributed by atoms with E-state index in [4.69, 9.17) is 32.7 Å².